The SMILES string of the molecule is CNC(=O)COc1ccc(C(=O)NCCc2ccc(N)cc2)cc1OC. The largest absolute Gasteiger partial charge is 0.493 e. The standard InChI is InChI=1S/C19H23N3O4/c1-21-18(23)12-26-16-8-5-14(11-17(16)25-2)19(24)22-10-9-13-3-6-15(20)7-4-13/h3-8,11H,9-10,12,20H2,1-2H3,(H,21,23)(H,22,24). The van der Waals surface area contributed by atoms with E-state index >= 15 is 0 Å². The number of hydrogen-bond acceptors (Lipinski definition) is 5. The van der Waals surface area contributed by atoms with Crippen molar-refractivity contribution in [1.82, 2.24) is 10.6 Å². The molecule has 0 atom stereocenters. The van der Waals surface area contributed by atoms with Crippen molar-refractivity contribution in [3.05, 3.63) is 53.6 Å². The van der Waals surface area contributed by atoms with E-state index in [0.717, 1.165) is 5.56 Å². The zero-order valence-electron chi connectivity index (χ0n) is 14.9. The van der Waals surface area contributed by atoms with Crippen molar-refractivity contribution < 1.29 is 19.1 Å². The van der Waals surface area contributed by atoms with Crippen molar-refractivity contribution in [3.8, 4) is 11.5 Å². The number of methoxy groups -OCH3 is 1. The first kappa shape index (κ1) is 19.1. The lowest BCUT2D eigenvalue weighted by molar-refractivity contribution is -0.122. The predicted molar refractivity (Wildman–Crippen MR) is 99.4 cm³/mol. The highest BCUT2D eigenvalue weighted by Crippen LogP contribution is 2.28. The monoisotopic (exact) mass is 357 g/mol. The molecular weight excluding hydrogens is 334 g/mol. The second-order valence-corrected chi connectivity index (χ2v) is 5.57. The Hall–Kier alpha value is -3.22. The Morgan fingerprint density at radius 1 is 1.08 bits per heavy atom. The van der Waals surface area contributed by atoms with E-state index in [2.05, 4.69) is 10.6 Å². The van der Waals surface area contributed by atoms with Crippen LogP contribution in [0.3, 0.4) is 0 Å². The minimum absolute atomic E-state index is 0.125. The summed E-state index contributed by atoms with van der Waals surface area (Å²) in [5, 5.41) is 5.33. The van der Waals surface area contributed by atoms with Gasteiger partial charge >= 0.3 is 0 Å². The fraction of sp³-hybridized carbons (Fsp3) is 0.263. The highest BCUT2D eigenvalue weighted by Gasteiger charge is 2.12. The van der Waals surface area contributed by atoms with Crippen molar-refractivity contribution in [3.63, 3.8) is 0 Å². The maximum atomic E-state index is 12.3. The third-order valence-electron chi connectivity index (χ3n) is 3.74. The Bertz CT molecular complexity index is 760. The number of amides is 2. The van der Waals surface area contributed by atoms with Crippen LogP contribution in [-0.4, -0.2) is 39.1 Å². The maximum absolute atomic E-state index is 12.3. The maximum Gasteiger partial charge on any atom is 0.257 e. The molecule has 0 aromatic heterocycles. The van der Waals surface area contributed by atoms with Crippen LogP contribution in [0.4, 0.5) is 5.69 Å². The van der Waals surface area contributed by atoms with Gasteiger partial charge in [-0.3, -0.25) is 9.59 Å². The van der Waals surface area contributed by atoms with Crippen LogP contribution in [0.15, 0.2) is 42.5 Å². The van der Waals surface area contributed by atoms with Crippen LogP contribution in [0.1, 0.15) is 15.9 Å². The second kappa shape index (κ2) is 9.31. The molecule has 0 aliphatic heterocycles. The predicted octanol–water partition coefficient (Wildman–Crippen LogP) is 1.37. The number of nitrogens with two attached hydrogens (primary N) is 1. The van der Waals surface area contributed by atoms with Gasteiger partial charge in [0.05, 0.1) is 7.11 Å². The topological polar surface area (TPSA) is 103 Å². The van der Waals surface area contributed by atoms with E-state index in [1.807, 2.05) is 24.3 Å². The molecule has 2 amide bonds. The lowest BCUT2D eigenvalue weighted by Gasteiger charge is -2.12. The summed E-state index contributed by atoms with van der Waals surface area (Å²) in [6.45, 7) is 0.375. The average Bonchev–Trinajstić information content (AvgIpc) is 2.67. The number of anilines is 1. The molecule has 0 bridgehead atoms. The van der Waals surface area contributed by atoms with Crippen LogP contribution < -0.4 is 25.8 Å². The summed E-state index contributed by atoms with van der Waals surface area (Å²) in [6, 6.07) is 12.3. The van der Waals surface area contributed by atoms with Gasteiger partial charge in [0.2, 0.25) is 0 Å². The first-order valence-electron chi connectivity index (χ1n) is 8.17. The Balaban J connectivity index is 1.93. The summed E-state index contributed by atoms with van der Waals surface area (Å²) in [5.74, 6) is 0.322. The molecule has 2 aromatic rings. The van der Waals surface area contributed by atoms with Gasteiger partial charge in [-0.15, -0.1) is 0 Å². The molecular formula is C19H23N3O4. The normalized spacial score (nSPS) is 10.1. The molecule has 0 radical (unpaired) electrons. The highest BCUT2D eigenvalue weighted by molar-refractivity contribution is 5.94. The van der Waals surface area contributed by atoms with E-state index < -0.39 is 0 Å². The van der Waals surface area contributed by atoms with Crippen molar-refractivity contribution in [1.29, 1.82) is 0 Å². The molecule has 7 nitrogen and oxygen atoms in total. The summed E-state index contributed by atoms with van der Waals surface area (Å²) >= 11 is 0. The van der Waals surface area contributed by atoms with Crippen LogP contribution >= 0.6 is 0 Å². The van der Waals surface area contributed by atoms with Crippen LogP contribution in [0.5, 0.6) is 11.5 Å². The molecule has 7 heteroatoms. The number of hydrogen-bond donors (Lipinski definition) is 3. The van der Waals surface area contributed by atoms with Gasteiger partial charge in [0, 0.05) is 24.8 Å². The molecule has 0 heterocycles. The minimum atomic E-state index is -0.253. The Morgan fingerprint density at radius 2 is 1.81 bits per heavy atom. The quantitative estimate of drug-likeness (QED) is 0.619. The van der Waals surface area contributed by atoms with E-state index in [-0.39, 0.29) is 18.4 Å². The van der Waals surface area contributed by atoms with Crippen LogP contribution in [0, 0.1) is 0 Å². The lowest BCUT2D eigenvalue weighted by atomic mass is 10.1. The molecule has 0 saturated heterocycles. The summed E-state index contributed by atoms with van der Waals surface area (Å²) in [5.41, 5.74) is 7.91. The number of nitrogens with one attached hydrogen (secondary N) is 2. The van der Waals surface area contributed by atoms with Crippen molar-refractivity contribution in [2.75, 3.05) is 33.0 Å². The van der Waals surface area contributed by atoms with Crippen LogP contribution in [0.25, 0.3) is 0 Å². The number of carbonyl (C=O) groups excluding carboxylic acids is 2. The lowest BCUT2D eigenvalue weighted by Crippen LogP contribution is -2.26. The number of carbonyl (C=O) groups is 2. The molecule has 0 aliphatic carbocycles. The van der Waals surface area contributed by atoms with Crippen molar-refractivity contribution in [2.45, 2.75) is 6.42 Å². The number of rotatable bonds is 8. The fourth-order valence-electron chi connectivity index (χ4n) is 2.25. The van der Waals surface area contributed by atoms with Gasteiger partial charge in [-0.25, -0.2) is 0 Å². The Kier molecular flexibility index (Phi) is 6.84. The van der Waals surface area contributed by atoms with Crippen molar-refractivity contribution >= 4 is 17.5 Å². The summed E-state index contributed by atoms with van der Waals surface area (Å²) < 4.78 is 10.6. The first-order valence-corrected chi connectivity index (χ1v) is 8.17. The molecule has 2 aromatic carbocycles. The number of likely N-dealkylation sites (N-methyl/N-ethyl adjacent to an activating group) is 1. The molecule has 4 N–H and O–H groups in total. The number of nitrogen functional groups attached to an aromatic ring is 1. The van der Waals surface area contributed by atoms with Gasteiger partial charge in [0.1, 0.15) is 0 Å². The van der Waals surface area contributed by atoms with Gasteiger partial charge in [-0.1, -0.05) is 12.1 Å². The van der Waals surface area contributed by atoms with Gasteiger partial charge in [0.15, 0.2) is 18.1 Å². The zero-order chi connectivity index (χ0) is 18.9. The zero-order valence-corrected chi connectivity index (χ0v) is 14.9. The minimum Gasteiger partial charge on any atom is -0.493 e. The molecule has 0 aliphatic rings. The molecule has 0 saturated carbocycles. The van der Waals surface area contributed by atoms with Gasteiger partial charge < -0.3 is 25.8 Å². The van der Waals surface area contributed by atoms with E-state index in [1.54, 1.807) is 18.2 Å². The number of benzene rings is 2. The Morgan fingerprint density at radius 3 is 2.46 bits per heavy atom. The van der Waals surface area contributed by atoms with E-state index in [4.69, 9.17) is 15.2 Å². The highest BCUT2D eigenvalue weighted by atomic mass is 16.5. The van der Waals surface area contributed by atoms with E-state index in [0.29, 0.717) is 35.7 Å². The third kappa shape index (κ3) is 5.41. The summed E-state index contributed by atoms with van der Waals surface area (Å²) in [6.07, 6.45) is 0.705. The smallest absolute Gasteiger partial charge is 0.257 e. The second-order valence-electron chi connectivity index (χ2n) is 5.57. The van der Waals surface area contributed by atoms with E-state index in [1.165, 1.54) is 14.2 Å². The summed E-state index contributed by atoms with van der Waals surface area (Å²) in [4.78, 5) is 23.6. The number of ether oxygens (including phenoxy) is 2. The third-order valence-corrected chi connectivity index (χ3v) is 3.74. The first-order chi connectivity index (χ1) is 12.5. The average molecular weight is 357 g/mol. The molecule has 2 rings (SSSR count). The van der Waals surface area contributed by atoms with Gasteiger partial charge in [-0.05, 0) is 42.3 Å². The Labute approximate surface area is 152 Å². The van der Waals surface area contributed by atoms with Crippen LogP contribution in [0.2, 0.25) is 0 Å². The molecule has 0 spiro atoms. The van der Waals surface area contributed by atoms with E-state index in [9.17, 15) is 9.59 Å². The molecule has 26 heavy (non-hydrogen) atoms. The molecule has 0 unspecified atom stereocenters. The van der Waals surface area contributed by atoms with Gasteiger partial charge in [-0.2, -0.15) is 0 Å². The summed E-state index contributed by atoms with van der Waals surface area (Å²) in [7, 11) is 3.01. The van der Waals surface area contributed by atoms with Crippen LogP contribution in [-0.2, 0) is 11.2 Å². The van der Waals surface area contributed by atoms with Crippen molar-refractivity contribution in [2.24, 2.45) is 0 Å². The fourth-order valence-corrected chi connectivity index (χ4v) is 2.25. The molecule has 0 fully saturated rings. The molecule has 138 valence electrons. The van der Waals surface area contributed by atoms with Gasteiger partial charge in [0.25, 0.3) is 11.8 Å².